The largest absolute Gasteiger partial charge is 0.393 e. The minimum atomic E-state index is -0.235. The van der Waals surface area contributed by atoms with Crippen LogP contribution in [-0.2, 0) is 4.79 Å². The Morgan fingerprint density at radius 1 is 1.64 bits per heavy atom. The normalized spacial score (nSPS) is 28.8. The lowest BCUT2D eigenvalue weighted by atomic mass is 10.1. The molecule has 1 rings (SSSR count). The lowest BCUT2D eigenvalue weighted by Crippen LogP contribution is -2.36. The first-order valence-corrected chi connectivity index (χ1v) is 5.70. The van der Waals surface area contributed by atoms with E-state index < -0.39 is 0 Å². The lowest BCUT2D eigenvalue weighted by molar-refractivity contribution is -0.124. The number of halogens is 1. The van der Waals surface area contributed by atoms with E-state index in [0.29, 0.717) is 12.4 Å². The average molecular weight is 220 g/mol. The Labute approximate surface area is 89.8 Å². The molecule has 1 saturated carbocycles. The zero-order valence-corrected chi connectivity index (χ0v) is 9.26. The molecule has 0 aromatic carbocycles. The van der Waals surface area contributed by atoms with Crippen molar-refractivity contribution < 1.29 is 9.90 Å². The van der Waals surface area contributed by atoms with Gasteiger partial charge in [0.15, 0.2) is 0 Å². The maximum Gasteiger partial charge on any atom is 0.224 e. The maximum absolute atomic E-state index is 11.4. The summed E-state index contributed by atoms with van der Waals surface area (Å²) < 4.78 is 0. The highest BCUT2D eigenvalue weighted by Gasteiger charge is 2.25. The second-order valence-electron chi connectivity index (χ2n) is 4.06. The third-order valence-electron chi connectivity index (χ3n) is 2.84. The van der Waals surface area contributed by atoms with E-state index in [1.165, 1.54) is 0 Å². The van der Waals surface area contributed by atoms with E-state index in [1.807, 2.05) is 0 Å². The minimum absolute atomic E-state index is 0.0147. The topological polar surface area (TPSA) is 49.3 Å². The molecular weight excluding hydrogens is 202 g/mol. The summed E-state index contributed by atoms with van der Waals surface area (Å²) in [6.07, 6.45) is 2.70. The number of hydrogen-bond acceptors (Lipinski definition) is 2. The Balaban J connectivity index is 2.22. The summed E-state index contributed by atoms with van der Waals surface area (Å²) in [6, 6.07) is 0. The molecule has 4 heteroatoms. The Morgan fingerprint density at radius 3 is 2.86 bits per heavy atom. The Morgan fingerprint density at radius 2 is 2.36 bits per heavy atom. The highest BCUT2D eigenvalue weighted by Crippen LogP contribution is 2.24. The lowest BCUT2D eigenvalue weighted by Gasteiger charge is -2.16. The average Bonchev–Trinajstić information content (AvgIpc) is 2.59. The van der Waals surface area contributed by atoms with Crippen LogP contribution >= 0.6 is 11.6 Å². The van der Waals surface area contributed by atoms with Crippen molar-refractivity contribution in [1.82, 2.24) is 5.32 Å². The van der Waals surface area contributed by atoms with Crippen LogP contribution in [0.15, 0.2) is 0 Å². The molecule has 14 heavy (non-hydrogen) atoms. The van der Waals surface area contributed by atoms with Crippen LogP contribution in [0.25, 0.3) is 0 Å². The Hall–Kier alpha value is -0.280. The third kappa shape index (κ3) is 3.14. The van der Waals surface area contributed by atoms with Gasteiger partial charge in [-0.15, -0.1) is 11.6 Å². The second-order valence-corrected chi connectivity index (χ2v) is 4.37. The van der Waals surface area contributed by atoms with Crippen molar-refractivity contribution in [3.63, 3.8) is 0 Å². The second kappa shape index (κ2) is 5.56. The van der Waals surface area contributed by atoms with Crippen LogP contribution in [-0.4, -0.2) is 29.5 Å². The Kier molecular flexibility index (Phi) is 4.69. The number of rotatable bonds is 4. The quantitative estimate of drug-likeness (QED) is 0.697. The number of aliphatic hydroxyl groups excluding tert-OH is 1. The van der Waals surface area contributed by atoms with Gasteiger partial charge in [-0.2, -0.15) is 0 Å². The van der Waals surface area contributed by atoms with E-state index in [-0.39, 0.29) is 23.8 Å². The summed E-state index contributed by atoms with van der Waals surface area (Å²) in [7, 11) is 0. The molecule has 0 saturated heterocycles. The molecule has 0 aliphatic heterocycles. The van der Waals surface area contributed by atoms with Crippen molar-refractivity contribution in [2.45, 2.75) is 32.3 Å². The summed E-state index contributed by atoms with van der Waals surface area (Å²) in [6.45, 7) is 2.38. The highest BCUT2D eigenvalue weighted by atomic mass is 35.5. The van der Waals surface area contributed by atoms with Gasteiger partial charge >= 0.3 is 0 Å². The van der Waals surface area contributed by atoms with Gasteiger partial charge in [0.1, 0.15) is 0 Å². The van der Waals surface area contributed by atoms with Gasteiger partial charge in [-0.1, -0.05) is 13.3 Å². The van der Waals surface area contributed by atoms with Gasteiger partial charge < -0.3 is 10.4 Å². The molecule has 3 nitrogen and oxygen atoms in total. The van der Waals surface area contributed by atoms with Crippen molar-refractivity contribution >= 4 is 17.5 Å². The molecule has 1 fully saturated rings. The number of carbonyl (C=O) groups is 1. The van der Waals surface area contributed by atoms with E-state index in [4.69, 9.17) is 11.6 Å². The van der Waals surface area contributed by atoms with Crippen molar-refractivity contribution in [3.05, 3.63) is 0 Å². The molecule has 0 heterocycles. The molecule has 1 aliphatic rings. The van der Waals surface area contributed by atoms with Crippen LogP contribution in [0.5, 0.6) is 0 Å². The van der Waals surface area contributed by atoms with Crippen LogP contribution in [0, 0.1) is 11.8 Å². The molecular formula is C10H18ClNO2. The number of nitrogens with one attached hydrogen (secondary N) is 1. The highest BCUT2D eigenvalue weighted by molar-refractivity contribution is 6.19. The zero-order chi connectivity index (χ0) is 10.6. The monoisotopic (exact) mass is 219 g/mol. The number of aliphatic hydroxyl groups is 1. The molecule has 0 spiro atoms. The van der Waals surface area contributed by atoms with E-state index in [1.54, 1.807) is 6.92 Å². The van der Waals surface area contributed by atoms with Crippen molar-refractivity contribution in [1.29, 1.82) is 0 Å². The molecule has 0 aromatic rings. The van der Waals surface area contributed by atoms with Gasteiger partial charge in [-0.3, -0.25) is 4.79 Å². The van der Waals surface area contributed by atoms with Gasteiger partial charge in [0, 0.05) is 24.3 Å². The fourth-order valence-electron chi connectivity index (χ4n) is 1.73. The predicted molar refractivity (Wildman–Crippen MR) is 56.2 cm³/mol. The first-order valence-electron chi connectivity index (χ1n) is 5.17. The number of amides is 1. The molecule has 0 bridgehead atoms. The van der Waals surface area contributed by atoms with E-state index in [0.717, 1.165) is 19.3 Å². The maximum atomic E-state index is 11.4. The van der Waals surface area contributed by atoms with Gasteiger partial charge in [0.05, 0.1) is 6.10 Å². The van der Waals surface area contributed by atoms with Gasteiger partial charge in [0.2, 0.25) is 5.91 Å². The standard InChI is InChI=1S/C10H18ClNO2/c1-7(5-11)10(14)12-6-8-3-2-4-9(8)13/h7-9,13H,2-6H2,1H3,(H,12,14). The van der Waals surface area contributed by atoms with Crippen LogP contribution in [0.2, 0.25) is 0 Å². The zero-order valence-electron chi connectivity index (χ0n) is 8.50. The fraction of sp³-hybridized carbons (Fsp3) is 0.900. The fourth-order valence-corrected chi connectivity index (χ4v) is 1.87. The number of alkyl halides is 1. The smallest absolute Gasteiger partial charge is 0.224 e. The SMILES string of the molecule is CC(CCl)C(=O)NCC1CCCC1O. The van der Waals surface area contributed by atoms with Crippen molar-refractivity contribution in [2.24, 2.45) is 11.8 Å². The molecule has 3 atom stereocenters. The molecule has 1 aliphatic carbocycles. The van der Waals surface area contributed by atoms with E-state index in [2.05, 4.69) is 5.32 Å². The molecule has 82 valence electrons. The molecule has 2 N–H and O–H groups in total. The van der Waals surface area contributed by atoms with Gasteiger partial charge in [-0.05, 0) is 12.8 Å². The van der Waals surface area contributed by atoms with Gasteiger partial charge in [-0.25, -0.2) is 0 Å². The number of carbonyl (C=O) groups excluding carboxylic acids is 1. The Bertz CT molecular complexity index is 199. The van der Waals surface area contributed by atoms with Crippen LogP contribution < -0.4 is 5.32 Å². The van der Waals surface area contributed by atoms with Crippen LogP contribution in [0.3, 0.4) is 0 Å². The first kappa shape index (κ1) is 11.8. The summed E-state index contributed by atoms with van der Waals surface area (Å²) in [4.78, 5) is 11.4. The molecule has 0 aromatic heterocycles. The van der Waals surface area contributed by atoms with Crippen molar-refractivity contribution in [3.8, 4) is 0 Å². The van der Waals surface area contributed by atoms with Crippen molar-refractivity contribution in [2.75, 3.05) is 12.4 Å². The predicted octanol–water partition coefficient (Wildman–Crippen LogP) is 1.14. The molecule has 0 radical (unpaired) electrons. The molecule has 3 unspecified atom stereocenters. The minimum Gasteiger partial charge on any atom is -0.393 e. The summed E-state index contributed by atoms with van der Waals surface area (Å²) in [5, 5.41) is 12.3. The molecule has 1 amide bonds. The van der Waals surface area contributed by atoms with E-state index in [9.17, 15) is 9.90 Å². The van der Waals surface area contributed by atoms with Gasteiger partial charge in [0.25, 0.3) is 0 Å². The van der Waals surface area contributed by atoms with E-state index >= 15 is 0 Å². The summed E-state index contributed by atoms with van der Waals surface area (Å²) >= 11 is 5.56. The third-order valence-corrected chi connectivity index (χ3v) is 3.30. The van der Waals surface area contributed by atoms with Crippen LogP contribution in [0.4, 0.5) is 0 Å². The summed E-state index contributed by atoms with van der Waals surface area (Å²) in [5.41, 5.74) is 0. The summed E-state index contributed by atoms with van der Waals surface area (Å²) in [5.74, 6) is 0.426. The number of hydrogen-bond donors (Lipinski definition) is 2. The first-order chi connectivity index (χ1) is 6.65. The van der Waals surface area contributed by atoms with Crippen LogP contribution in [0.1, 0.15) is 26.2 Å².